The van der Waals surface area contributed by atoms with Gasteiger partial charge in [0.2, 0.25) is 0 Å². The van der Waals surface area contributed by atoms with Gasteiger partial charge >= 0.3 is 6.09 Å². The van der Waals surface area contributed by atoms with Crippen molar-refractivity contribution in [1.82, 2.24) is 10.2 Å². The molecule has 1 aliphatic rings. The van der Waals surface area contributed by atoms with Gasteiger partial charge in [-0.15, -0.1) is 0 Å². The third-order valence-corrected chi connectivity index (χ3v) is 5.66. The standard InChI is InChI=1S/C25H28N2O2/c1-19(23-15-7-12-21-11-5-6-14-24(21)23)26-22-13-8-16-27(17-22)25(28)29-18-20-9-3-2-4-10-20/h2-7,9-12,14-15,19,22,26H,8,13,16-18H2,1H3/t19-,22-/m1/s1. The van der Waals surface area contributed by atoms with Gasteiger partial charge in [0.1, 0.15) is 6.61 Å². The van der Waals surface area contributed by atoms with Crippen molar-refractivity contribution < 1.29 is 9.53 Å². The van der Waals surface area contributed by atoms with Gasteiger partial charge in [-0.2, -0.15) is 0 Å². The van der Waals surface area contributed by atoms with E-state index in [1.807, 2.05) is 35.2 Å². The number of amides is 1. The number of likely N-dealkylation sites (tertiary alicyclic amines) is 1. The van der Waals surface area contributed by atoms with E-state index < -0.39 is 0 Å². The number of nitrogens with zero attached hydrogens (tertiary/aromatic N) is 1. The largest absolute Gasteiger partial charge is 0.445 e. The zero-order chi connectivity index (χ0) is 20.1. The molecule has 0 saturated carbocycles. The summed E-state index contributed by atoms with van der Waals surface area (Å²) in [6.07, 6.45) is 1.83. The number of hydrogen-bond donors (Lipinski definition) is 1. The molecule has 0 bridgehead atoms. The van der Waals surface area contributed by atoms with E-state index >= 15 is 0 Å². The number of ether oxygens (including phenoxy) is 1. The summed E-state index contributed by atoms with van der Waals surface area (Å²) in [7, 11) is 0. The highest BCUT2D eigenvalue weighted by Crippen LogP contribution is 2.25. The number of carbonyl (C=O) groups is 1. The zero-order valence-corrected chi connectivity index (χ0v) is 16.9. The van der Waals surface area contributed by atoms with Gasteiger partial charge in [0.25, 0.3) is 0 Å². The summed E-state index contributed by atoms with van der Waals surface area (Å²) in [5.74, 6) is 0. The first-order valence-corrected chi connectivity index (χ1v) is 10.4. The highest BCUT2D eigenvalue weighted by molar-refractivity contribution is 5.86. The van der Waals surface area contributed by atoms with E-state index in [2.05, 4.69) is 54.7 Å². The first-order chi connectivity index (χ1) is 14.2. The van der Waals surface area contributed by atoms with E-state index in [0.29, 0.717) is 13.2 Å². The van der Waals surface area contributed by atoms with E-state index in [0.717, 1.165) is 24.9 Å². The summed E-state index contributed by atoms with van der Waals surface area (Å²) < 4.78 is 5.52. The molecule has 0 aliphatic carbocycles. The van der Waals surface area contributed by atoms with Crippen LogP contribution in [-0.4, -0.2) is 30.1 Å². The second-order valence-electron chi connectivity index (χ2n) is 7.78. The molecule has 1 fully saturated rings. The quantitative estimate of drug-likeness (QED) is 0.645. The van der Waals surface area contributed by atoms with Crippen LogP contribution in [0.4, 0.5) is 4.79 Å². The lowest BCUT2D eigenvalue weighted by molar-refractivity contribution is 0.0823. The first kappa shape index (κ1) is 19.5. The molecule has 4 heteroatoms. The molecule has 3 aromatic rings. The van der Waals surface area contributed by atoms with E-state index in [9.17, 15) is 4.79 Å². The normalized spacial score (nSPS) is 17.8. The molecule has 0 spiro atoms. The Morgan fingerprint density at radius 1 is 1.07 bits per heavy atom. The summed E-state index contributed by atoms with van der Waals surface area (Å²) in [6, 6.07) is 25.2. The van der Waals surface area contributed by atoms with Crippen molar-refractivity contribution in [2.75, 3.05) is 13.1 Å². The summed E-state index contributed by atoms with van der Waals surface area (Å²) in [5.41, 5.74) is 2.31. The van der Waals surface area contributed by atoms with Crippen molar-refractivity contribution in [3.05, 3.63) is 83.9 Å². The zero-order valence-electron chi connectivity index (χ0n) is 16.9. The number of benzene rings is 3. The topological polar surface area (TPSA) is 41.6 Å². The van der Waals surface area contributed by atoms with Crippen molar-refractivity contribution in [3.8, 4) is 0 Å². The Labute approximate surface area is 172 Å². The maximum Gasteiger partial charge on any atom is 0.410 e. The van der Waals surface area contributed by atoms with Crippen LogP contribution >= 0.6 is 0 Å². The van der Waals surface area contributed by atoms with Crippen LogP contribution in [0.25, 0.3) is 10.8 Å². The Hall–Kier alpha value is -2.85. The smallest absolute Gasteiger partial charge is 0.410 e. The minimum absolute atomic E-state index is 0.214. The Morgan fingerprint density at radius 2 is 1.83 bits per heavy atom. The molecule has 29 heavy (non-hydrogen) atoms. The van der Waals surface area contributed by atoms with Crippen LogP contribution in [-0.2, 0) is 11.3 Å². The summed E-state index contributed by atoms with van der Waals surface area (Å²) in [4.78, 5) is 14.4. The second-order valence-corrected chi connectivity index (χ2v) is 7.78. The molecular formula is C25H28N2O2. The van der Waals surface area contributed by atoms with E-state index in [-0.39, 0.29) is 18.2 Å². The van der Waals surface area contributed by atoms with Crippen LogP contribution in [0.3, 0.4) is 0 Å². The average Bonchev–Trinajstić information content (AvgIpc) is 2.78. The summed E-state index contributed by atoms with van der Waals surface area (Å²) >= 11 is 0. The fourth-order valence-electron chi connectivity index (χ4n) is 4.16. The van der Waals surface area contributed by atoms with Gasteiger partial charge in [0.05, 0.1) is 0 Å². The molecule has 0 radical (unpaired) electrons. The maximum absolute atomic E-state index is 12.5. The fraction of sp³-hybridized carbons (Fsp3) is 0.320. The fourth-order valence-corrected chi connectivity index (χ4v) is 4.16. The first-order valence-electron chi connectivity index (χ1n) is 10.4. The molecule has 2 atom stereocenters. The third-order valence-electron chi connectivity index (χ3n) is 5.66. The highest BCUT2D eigenvalue weighted by Gasteiger charge is 2.26. The summed E-state index contributed by atoms with van der Waals surface area (Å²) in [6.45, 7) is 3.96. The van der Waals surface area contributed by atoms with Crippen molar-refractivity contribution in [2.45, 2.75) is 38.5 Å². The molecule has 0 unspecified atom stereocenters. The van der Waals surface area contributed by atoms with Crippen LogP contribution < -0.4 is 5.32 Å². The molecular weight excluding hydrogens is 360 g/mol. The van der Waals surface area contributed by atoms with E-state index in [4.69, 9.17) is 4.74 Å². The van der Waals surface area contributed by atoms with Gasteiger partial charge in [-0.05, 0) is 41.7 Å². The Morgan fingerprint density at radius 3 is 2.69 bits per heavy atom. The van der Waals surface area contributed by atoms with Crippen molar-refractivity contribution in [1.29, 1.82) is 0 Å². The molecule has 150 valence electrons. The lowest BCUT2D eigenvalue weighted by atomic mass is 9.98. The number of nitrogens with one attached hydrogen (secondary N) is 1. The Bertz CT molecular complexity index is 952. The van der Waals surface area contributed by atoms with Crippen molar-refractivity contribution in [2.24, 2.45) is 0 Å². The van der Waals surface area contributed by atoms with Gasteiger partial charge in [-0.1, -0.05) is 72.8 Å². The molecule has 0 aromatic heterocycles. The number of piperidine rings is 1. The molecule has 3 aromatic carbocycles. The molecule has 1 saturated heterocycles. The number of hydrogen-bond acceptors (Lipinski definition) is 3. The predicted octanol–water partition coefficient (Wildman–Crippen LogP) is 5.29. The van der Waals surface area contributed by atoms with Crippen molar-refractivity contribution >= 4 is 16.9 Å². The summed E-state index contributed by atoms with van der Waals surface area (Å²) in [5, 5.41) is 6.28. The van der Waals surface area contributed by atoms with Crippen LogP contribution in [0, 0.1) is 0 Å². The highest BCUT2D eigenvalue weighted by atomic mass is 16.6. The molecule has 4 nitrogen and oxygen atoms in total. The predicted molar refractivity (Wildman–Crippen MR) is 117 cm³/mol. The minimum atomic E-state index is -0.224. The molecule has 1 N–H and O–H groups in total. The molecule has 1 amide bonds. The lowest BCUT2D eigenvalue weighted by Crippen LogP contribution is -2.48. The minimum Gasteiger partial charge on any atom is -0.445 e. The van der Waals surface area contributed by atoms with Gasteiger partial charge in [-0.3, -0.25) is 0 Å². The van der Waals surface area contributed by atoms with Crippen LogP contribution in [0.2, 0.25) is 0 Å². The van der Waals surface area contributed by atoms with Gasteiger partial charge in [0, 0.05) is 25.2 Å². The molecule has 1 aliphatic heterocycles. The number of carbonyl (C=O) groups excluding carboxylic acids is 1. The Kier molecular flexibility index (Phi) is 6.11. The molecule has 1 heterocycles. The third kappa shape index (κ3) is 4.77. The molecule has 4 rings (SSSR count). The van der Waals surface area contributed by atoms with Gasteiger partial charge in [0.15, 0.2) is 0 Å². The van der Waals surface area contributed by atoms with Crippen LogP contribution in [0.1, 0.15) is 36.9 Å². The van der Waals surface area contributed by atoms with E-state index in [1.165, 1.54) is 16.3 Å². The second kappa shape index (κ2) is 9.10. The number of rotatable bonds is 5. The monoisotopic (exact) mass is 388 g/mol. The average molecular weight is 389 g/mol. The van der Waals surface area contributed by atoms with E-state index in [1.54, 1.807) is 0 Å². The van der Waals surface area contributed by atoms with Crippen LogP contribution in [0.15, 0.2) is 72.8 Å². The SMILES string of the molecule is C[C@@H](N[C@@H]1CCCN(C(=O)OCc2ccccc2)C1)c1cccc2ccccc12. The van der Waals surface area contributed by atoms with Gasteiger partial charge in [-0.25, -0.2) is 4.79 Å². The Balaban J connectivity index is 1.36. The number of fused-ring (bicyclic) bond motifs is 1. The van der Waals surface area contributed by atoms with Crippen LogP contribution in [0.5, 0.6) is 0 Å². The van der Waals surface area contributed by atoms with Gasteiger partial charge < -0.3 is 15.0 Å². The lowest BCUT2D eigenvalue weighted by Gasteiger charge is -2.34. The maximum atomic E-state index is 12.5. The van der Waals surface area contributed by atoms with Crippen molar-refractivity contribution in [3.63, 3.8) is 0 Å².